The molecule has 0 aromatic rings. The Hall–Kier alpha value is -0.590. The number of hydrogen-bond acceptors (Lipinski definition) is 3. The topological polar surface area (TPSA) is 36.3 Å². The second kappa shape index (κ2) is 4.44. The van der Waals surface area contributed by atoms with Crippen LogP contribution in [0.3, 0.4) is 0 Å². The fraction of sp³-hybridized carbons (Fsp3) is 0.889. The maximum absolute atomic E-state index is 8.53. The molecule has 0 aromatic heterocycles. The first-order valence-corrected chi connectivity index (χ1v) is 4.46. The second-order valence-electron chi connectivity index (χ2n) is 3.39. The van der Waals surface area contributed by atoms with Crippen molar-refractivity contribution >= 4 is 0 Å². The van der Waals surface area contributed by atoms with E-state index >= 15 is 0 Å². The first-order chi connectivity index (χ1) is 5.74. The van der Waals surface area contributed by atoms with Gasteiger partial charge in [-0.25, -0.2) is 0 Å². The third-order valence-electron chi connectivity index (χ3n) is 2.28. The molecular weight excluding hydrogens is 152 g/mol. The average molecular weight is 168 g/mol. The van der Waals surface area contributed by atoms with Crippen LogP contribution in [0.15, 0.2) is 0 Å². The summed E-state index contributed by atoms with van der Waals surface area (Å²) in [4.78, 5) is 2.32. The quantitative estimate of drug-likeness (QED) is 0.617. The van der Waals surface area contributed by atoms with Crippen molar-refractivity contribution in [2.75, 3.05) is 19.7 Å². The van der Waals surface area contributed by atoms with Crippen molar-refractivity contribution in [2.24, 2.45) is 0 Å². The maximum Gasteiger partial charge on any atom is 0.0674 e. The summed E-state index contributed by atoms with van der Waals surface area (Å²) < 4.78 is 5.41. The zero-order chi connectivity index (χ0) is 8.97. The highest BCUT2D eigenvalue weighted by molar-refractivity contribution is 4.82. The molecule has 1 aliphatic heterocycles. The Bertz CT molecular complexity index is 176. The van der Waals surface area contributed by atoms with Gasteiger partial charge in [0.1, 0.15) is 0 Å². The Morgan fingerprint density at radius 1 is 1.75 bits per heavy atom. The van der Waals surface area contributed by atoms with E-state index in [0.717, 1.165) is 19.7 Å². The molecule has 0 aliphatic carbocycles. The van der Waals surface area contributed by atoms with Crippen molar-refractivity contribution in [3.8, 4) is 6.07 Å². The molecule has 1 rings (SSSR count). The number of ether oxygens (including phenoxy) is 1. The van der Waals surface area contributed by atoms with E-state index in [4.69, 9.17) is 10.00 Å². The molecule has 68 valence electrons. The van der Waals surface area contributed by atoms with Crippen LogP contribution in [0.1, 0.15) is 20.3 Å². The predicted octanol–water partition coefficient (Wildman–Crippen LogP) is 1.01. The fourth-order valence-corrected chi connectivity index (χ4v) is 1.51. The molecule has 1 aliphatic rings. The highest BCUT2D eigenvalue weighted by Gasteiger charge is 2.20. The molecule has 1 heterocycles. The highest BCUT2D eigenvalue weighted by atomic mass is 16.5. The van der Waals surface area contributed by atoms with Crippen LogP contribution in [0, 0.1) is 11.3 Å². The molecule has 0 radical (unpaired) electrons. The van der Waals surface area contributed by atoms with E-state index in [9.17, 15) is 0 Å². The number of nitrogens with zero attached hydrogens (tertiary/aromatic N) is 2. The summed E-state index contributed by atoms with van der Waals surface area (Å²) in [5, 5.41) is 8.53. The van der Waals surface area contributed by atoms with Gasteiger partial charge in [0.2, 0.25) is 0 Å². The lowest BCUT2D eigenvalue weighted by atomic mass is 10.2. The van der Waals surface area contributed by atoms with E-state index < -0.39 is 0 Å². The molecule has 1 saturated heterocycles. The van der Waals surface area contributed by atoms with Gasteiger partial charge in [0.05, 0.1) is 25.2 Å². The largest absolute Gasteiger partial charge is 0.376 e. The molecule has 1 unspecified atom stereocenters. The van der Waals surface area contributed by atoms with Crippen molar-refractivity contribution in [3.63, 3.8) is 0 Å². The van der Waals surface area contributed by atoms with Crippen LogP contribution in [0.25, 0.3) is 0 Å². The van der Waals surface area contributed by atoms with Crippen molar-refractivity contribution < 1.29 is 4.74 Å². The van der Waals surface area contributed by atoms with Crippen LogP contribution in [-0.4, -0.2) is 36.7 Å². The molecule has 0 N–H and O–H groups in total. The van der Waals surface area contributed by atoms with Gasteiger partial charge < -0.3 is 4.74 Å². The summed E-state index contributed by atoms with van der Waals surface area (Å²) >= 11 is 0. The predicted molar refractivity (Wildman–Crippen MR) is 46.7 cm³/mol. The van der Waals surface area contributed by atoms with Crippen molar-refractivity contribution in [1.82, 2.24) is 4.90 Å². The van der Waals surface area contributed by atoms with Gasteiger partial charge in [-0.2, -0.15) is 5.26 Å². The van der Waals surface area contributed by atoms with Gasteiger partial charge in [0, 0.05) is 19.1 Å². The summed E-state index contributed by atoms with van der Waals surface area (Å²) in [6, 6.07) is 2.57. The summed E-state index contributed by atoms with van der Waals surface area (Å²) in [5.74, 6) is 0. The monoisotopic (exact) mass is 168 g/mol. The minimum atomic E-state index is 0.319. The normalized spacial score (nSPS) is 27.9. The molecule has 3 nitrogen and oxygen atoms in total. The van der Waals surface area contributed by atoms with Crippen LogP contribution in [-0.2, 0) is 4.74 Å². The van der Waals surface area contributed by atoms with Crippen molar-refractivity contribution in [1.29, 1.82) is 5.26 Å². The zero-order valence-electron chi connectivity index (χ0n) is 7.79. The lowest BCUT2D eigenvalue weighted by Crippen LogP contribution is -2.45. The molecule has 1 fully saturated rings. The van der Waals surface area contributed by atoms with Crippen LogP contribution in [0.5, 0.6) is 0 Å². The van der Waals surface area contributed by atoms with E-state index in [1.165, 1.54) is 0 Å². The van der Waals surface area contributed by atoms with E-state index in [0.29, 0.717) is 18.6 Å². The maximum atomic E-state index is 8.53. The molecule has 3 heteroatoms. The Morgan fingerprint density at radius 2 is 2.50 bits per heavy atom. The van der Waals surface area contributed by atoms with Gasteiger partial charge in [-0.15, -0.1) is 0 Å². The van der Waals surface area contributed by atoms with E-state index in [2.05, 4.69) is 24.8 Å². The summed E-state index contributed by atoms with van der Waals surface area (Å²) in [5.41, 5.74) is 0. The first-order valence-electron chi connectivity index (χ1n) is 4.46. The lowest BCUT2D eigenvalue weighted by Gasteiger charge is -2.34. The van der Waals surface area contributed by atoms with E-state index in [-0.39, 0.29) is 0 Å². The Balaban J connectivity index is 2.35. The summed E-state index contributed by atoms with van der Waals surface area (Å²) in [7, 11) is 0. The van der Waals surface area contributed by atoms with E-state index in [1.807, 2.05) is 0 Å². The van der Waals surface area contributed by atoms with Gasteiger partial charge in [0.15, 0.2) is 0 Å². The van der Waals surface area contributed by atoms with Gasteiger partial charge in [-0.05, 0) is 13.8 Å². The van der Waals surface area contributed by atoms with Gasteiger partial charge in [0.25, 0.3) is 0 Å². The molecule has 0 bridgehead atoms. The van der Waals surface area contributed by atoms with Crippen molar-refractivity contribution in [3.05, 3.63) is 0 Å². The SMILES string of the molecule is CC(CC#N)N1CCO[C@@H](C)C1. The lowest BCUT2D eigenvalue weighted by molar-refractivity contribution is -0.0307. The fourth-order valence-electron chi connectivity index (χ4n) is 1.51. The first kappa shape index (κ1) is 9.50. The van der Waals surface area contributed by atoms with Gasteiger partial charge in [-0.3, -0.25) is 4.90 Å². The minimum Gasteiger partial charge on any atom is -0.376 e. The third kappa shape index (κ3) is 2.47. The van der Waals surface area contributed by atoms with E-state index in [1.54, 1.807) is 0 Å². The molecule has 2 atom stereocenters. The van der Waals surface area contributed by atoms with Gasteiger partial charge >= 0.3 is 0 Å². The second-order valence-corrected chi connectivity index (χ2v) is 3.39. The smallest absolute Gasteiger partial charge is 0.0674 e. The van der Waals surface area contributed by atoms with Crippen LogP contribution in [0.2, 0.25) is 0 Å². The van der Waals surface area contributed by atoms with Gasteiger partial charge in [-0.1, -0.05) is 0 Å². The summed E-state index contributed by atoms with van der Waals surface area (Å²) in [6.07, 6.45) is 0.937. The zero-order valence-corrected chi connectivity index (χ0v) is 7.79. The Labute approximate surface area is 73.9 Å². The highest BCUT2D eigenvalue weighted by Crippen LogP contribution is 2.09. The molecule has 0 amide bonds. The molecular formula is C9H16N2O. The Kier molecular flexibility index (Phi) is 3.51. The van der Waals surface area contributed by atoms with Crippen LogP contribution >= 0.6 is 0 Å². The number of hydrogen-bond donors (Lipinski definition) is 0. The number of rotatable bonds is 2. The number of nitriles is 1. The van der Waals surface area contributed by atoms with Crippen LogP contribution < -0.4 is 0 Å². The minimum absolute atomic E-state index is 0.319. The summed E-state index contributed by atoms with van der Waals surface area (Å²) in [6.45, 7) is 6.90. The standard InChI is InChI=1S/C9H16N2O/c1-8(3-4-10)11-5-6-12-9(2)7-11/h8-9H,3,5-7H2,1-2H3/t8?,9-/m0/s1. The van der Waals surface area contributed by atoms with Crippen LogP contribution in [0.4, 0.5) is 0 Å². The molecule has 12 heavy (non-hydrogen) atoms. The Morgan fingerprint density at radius 3 is 3.08 bits per heavy atom. The molecule has 0 saturated carbocycles. The number of morpholine rings is 1. The molecule has 0 aromatic carbocycles. The average Bonchev–Trinajstić information content (AvgIpc) is 2.05. The molecule has 0 spiro atoms. The third-order valence-corrected chi connectivity index (χ3v) is 2.28. The van der Waals surface area contributed by atoms with Crippen molar-refractivity contribution in [2.45, 2.75) is 32.4 Å².